The summed E-state index contributed by atoms with van der Waals surface area (Å²) in [5.41, 5.74) is 8.17. The van der Waals surface area contributed by atoms with Crippen molar-refractivity contribution in [3.05, 3.63) is 34.7 Å². The molecule has 1 heterocycles. The fraction of sp³-hybridized carbons (Fsp3) is 0.273. The van der Waals surface area contributed by atoms with Crippen LogP contribution in [-0.4, -0.2) is 7.05 Å². The van der Waals surface area contributed by atoms with Gasteiger partial charge in [0.25, 0.3) is 0 Å². The number of benzene rings is 1. The Labute approximate surface area is 87.7 Å². The van der Waals surface area contributed by atoms with Gasteiger partial charge in [-0.25, -0.2) is 0 Å². The molecule has 0 unspecified atom stereocenters. The van der Waals surface area contributed by atoms with E-state index in [2.05, 4.69) is 28.9 Å². The van der Waals surface area contributed by atoms with Gasteiger partial charge in [-0.2, -0.15) is 0 Å². The van der Waals surface area contributed by atoms with Crippen molar-refractivity contribution in [1.29, 1.82) is 0 Å². The molecule has 2 rings (SSSR count). The summed E-state index contributed by atoms with van der Waals surface area (Å²) < 4.78 is 1.33. The maximum atomic E-state index is 5.60. The topological polar surface area (TPSA) is 38.0 Å². The molecule has 1 aromatic carbocycles. The van der Waals surface area contributed by atoms with E-state index < -0.39 is 0 Å². The SMILES string of the molecule is CNCc1csc2cc(CN)ccc12. The quantitative estimate of drug-likeness (QED) is 0.807. The molecule has 0 aliphatic carbocycles. The summed E-state index contributed by atoms with van der Waals surface area (Å²) in [5, 5.41) is 6.73. The predicted octanol–water partition coefficient (Wildman–Crippen LogP) is 2.08. The van der Waals surface area contributed by atoms with E-state index in [0.29, 0.717) is 6.54 Å². The third kappa shape index (κ3) is 1.66. The summed E-state index contributed by atoms with van der Waals surface area (Å²) in [6.45, 7) is 1.55. The lowest BCUT2D eigenvalue weighted by molar-refractivity contribution is 0.826. The second kappa shape index (κ2) is 4.09. The average molecular weight is 206 g/mol. The van der Waals surface area contributed by atoms with E-state index in [-0.39, 0.29) is 0 Å². The lowest BCUT2D eigenvalue weighted by Crippen LogP contribution is -2.03. The van der Waals surface area contributed by atoms with Crippen molar-refractivity contribution in [3.63, 3.8) is 0 Å². The van der Waals surface area contributed by atoms with Gasteiger partial charge in [-0.15, -0.1) is 11.3 Å². The van der Waals surface area contributed by atoms with Crippen molar-refractivity contribution >= 4 is 21.4 Å². The van der Waals surface area contributed by atoms with Crippen LogP contribution in [0, 0.1) is 0 Å². The molecule has 0 radical (unpaired) electrons. The van der Waals surface area contributed by atoms with Crippen molar-refractivity contribution in [2.45, 2.75) is 13.1 Å². The van der Waals surface area contributed by atoms with Crippen molar-refractivity contribution in [1.82, 2.24) is 5.32 Å². The largest absolute Gasteiger partial charge is 0.326 e. The van der Waals surface area contributed by atoms with Crippen LogP contribution in [0.1, 0.15) is 11.1 Å². The molecular formula is C11H14N2S. The van der Waals surface area contributed by atoms with Crippen LogP contribution >= 0.6 is 11.3 Å². The molecule has 0 aliphatic rings. The Morgan fingerprint density at radius 1 is 1.43 bits per heavy atom. The van der Waals surface area contributed by atoms with Gasteiger partial charge in [0, 0.05) is 17.8 Å². The molecule has 14 heavy (non-hydrogen) atoms. The van der Waals surface area contributed by atoms with Gasteiger partial charge in [-0.3, -0.25) is 0 Å². The van der Waals surface area contributed by atoms with Gasteiger partial charge in [0.05, 0.1) is 0 Å². The monoisotopic (exact) mass is 206 g/mol. The third-order valence-electron chi connectivity index (χ3n) is 2.32. The maximum absolute atomic E-state index is 5.60. The zero-order valence-electron chi connectivity index (χ0n) is 8.21. The molecule has 0 saturated heterocycles. The van der Waals surface area contributed by atoms with E-state index in [4.69, 9.17) is 5.73 Å². The van der Waals surface area contributed by atoms with E-state index in [0.717, 1.165) is 6.54 Å². The molecule has 0 atom stereocenters. The third-order valence-corrected chi connectivity index (χ3v) is 3.32. The Hall–Kier alpha value is -0.900. The number of hydrogen-bond donors (Lipinski definition) is 2. The van der Waals surface area contributed by atoms with E-state index >= 15 is 0 Å². The summed E-state index contributed by atoms with van der Waals surface area (Å²) in [7, 11) is 1.97. The van der Waals surface area contributed by atoms with E-state index in [1.165, 1.54) is 21.2 Å². The van der Waals surface area contributed by atoms with Crippen LogP contribution in [0.5, 0.6) is 0 Å². The van der Waals surface area contributed by atoms with Crippen molar-refractivity contribution in [2.24, 2.45) is 5.73 Å². The first-order chi connectivity index (χ1) is 6.85. The molecule has 74 valence electrons. The Morgan fingerprint density at radius 3 is 3.00 bits per heavy atom. The summed E-state index contributed by atoms with van der Waals surface area (Å²) in [6.07, 6.45) is 0. The van der Waals surface area contributed by atoms with Gasteiger partial charge < -0.3 is 11.1 Å². The van der Waals surface area contributed by atoms with Gasteiger partial charge in [0.15, 0.2) is 0 Å². The Kier molecular flexibility index (Phi) is 2.82. The molecule has 0 saturated carbocycles. The molecule has 0 bridgehead atoms. The van der Waals surface area contributed by atoms with Crippen molar-refractivity contribution in [3.8, 4) is 0 Å². The minimum absolute atomic E-state index is 0.620. The normalized spacial score (nSPS) is 11.0. The zero-order chi connectivity index (χ0) is 9.97. The first-order valence-corrected chi connectivity index (χ1v) is 5.57. The van der Waals surface area contributed by atoms with Gasteiger partial charge >= 0.3 is 0 Å². The van der Waals surface area contributed by atoms with E-state index in [1.54, 1.807) is 11.3 Å². The second-order valence-corrected chi connectivity index (χ2v) is 4.24. The van der Waals surface area contributed by atoms with Gasteiger partial charge in [0.2, 0.25) is 0 Å². The van der Waals surface area contributed by atoms with E-state index in [9.17, 15) is 0 Å². The van der Waals surface area contributed by atoms with Crippen LogP contribution in [0.2, 0.25) is 0 Å². The molecular weight excluding hydrogens is 192 g/mol. The molecule has 3 N–H and O–H groups in total. The highest BCUT2D eigenvalue weighted by molar-refractivity contribution is 7.17. The lowest BCUT2D eigenvalue weighted by Gasteiger charge is -1.99. The summed E-state index contributed by atoms with van der Waals surface area (Å²) in [5.74, 6) is 0. The number of thiophene rings is 1. The van der Waals surface area contributed by atoms with Crippen LogP contribution in [0.3, 0.4) is 0 Å². The predicted molar refractivity (Wildman–Crippen MR) is 62.5 cm³/mol. The Balaban J connectivity index is 2.48. The number of rotatable bonds is 3. The van der Waals surface area contributed by atoms with Crippen LogP contribution < -0.4 is 11.1 Å². The number of fused-ring (bicyclic) bond motifs is 1. The zero-order valence-corrected chi connectivity index (χ0v) is 9.03. The van der Waals surface area contributed by atoms with Crippen molar-refractivity contribution in [2.75, 3.05) is 7.05 Å². The number of nitrogens with two attached hydrogens (primary N) is 1. The molecule has 1 aromatic heterocycles. The van der Waals surface area contributed by atoms with Gasteiger partial charge in [-0.05, 0) is 35.0 Å². The van der Waals surface area contributed by atoms with Crippen LogP contribution in [0.25, 0.3) is 10.1 Å². The van der Waals surface area contributed by atoms with Crippen molar-refractivity contribution < 1.29 is 0 Å². The molecule has 3 heteroatoms. The molecule has 2 aromatic rings. The highest BCUT2D eigenvalue weighted by Crippen LogP contribution is 2.26. The van der Waals surface area contributed by atoms with Gasteiger partial charge in [-0.1, -0.05) is 12.1 Å². The minimum atomic E-state index is 0.620. The van der Waals surface area contributed by atoms with Gasteiger partial charge in [0.1, 0.15) is 0 Å². The standard InChI is InChI=1S/C11H14N2S/c1-13-6-9-7-14-11-4-8(5-12)2-3-10(9)11/h2-4,7,13H,5-6,12H2,1H3. The summed E-state index contributed by atoms with van der Waals surface area (Å²) in [4.78, 5) is 0. The fourth-order valence-electron chi connectivity index (χ4n) is 1.58. The summed E-state index contributed by atoms with van der Waals surface area (Å²) in [6, 6.07) is 6.45. The fourth-order valence-corrected chi connectivity index (χ4v) is 2.61. The summed E-state index contributed by atoms with van der Waals surface area (Å²) >= 11 is 1.79. The number of hydrogen-bond acceptors (Lipinski definition) is 3. The second-order valence-electron chi connectivity index (χ2n) is 3.33. The first kappa shape index (κ1) is 9.65. The molecule has 0 fully saturated rings. The lowest BCUT2D eigenvalue weighted by atomic mass is 10.1. The van der Waals surface area contributed by atoms with Crippen LogP contribution in [0.4, 0.5) is 0 Å². The molecule has 0 amide bonds. The smallest absolute Gasteiger partial charge is 0.0349 e. The Morgan fingerprint density at radius 2 is 2.29 bits per heavy atom. The first-order valence-electron chi connectivity index (χ1n) is 4.69. The molecule has 2 nitrogen and oxygen atoms in total. The molecule has 0 aliphatic heterocycles. The van der Waals surface area contributed by atoms with Crippen LogP contribution in [-0.2, 0) is 13.1 Å². The average Bonchev–Trinajstić information content (AvgIpc) is 2.61. The maximum Gasteiger partial charge on any atom is 0.0349 e. The minimum Gasteiger partial charge on any atom is -0.326 e. The highest BCUT2D eigenvalue weighted by atomic mass is 32.1. The number of nitrogens with one attached hydrogen (secondary N) is 1. The molecule has 0 spiro atoms. The van der Waals surface area contributed by atoms with E-state index in [1.807, 2.05) is 7.05 Å². The highest BCUT2D eigenvalue weighted by Gasteiger charge is 2.03. The van der Waals surface area contributed by atoms with Crippen LogP contribution in [0.15, 0.2) is 23.6 Å². The Bertz CT molecular complexity index is 434.